The Kier molecular flexibility index (Phi) is 4.01. The van der Waals surface area contributed by atoms with Crippen molar-refractivity contribution < 1.29 is 0 Å². The van der Waals surface area contributed by atoms with E-state index in [1.807, 2.05) is 11.3 Å². The predicted octanol–water partition coefficient (Wildman–Crippen LogP) is 4.72. The molecule has 116 valence electrons. The summed E-state index contributed by atoms with van der Waals surface area (Å²) in [5, 5.41) is 7.03. The number of hydrogen-bond donors (Lipinski definition) is 1. The van der Waals surface area contributed by atoms with E-state index in [1.54, 1.807) is 11.1 Å². The predicted molar refractivity (Wildman–Crippen MR) is 93.7 cm³/mol. The van der Waals surface area contributed by atoms with Gasteiger partial charge in [-0.2, -0.15) is 0 Å². The van der Waals surface area contributed by atoms with E-state index in [1.165, 1.54) is 48.4 Å². The number of aryl methyl sites for hydroxylation is 1. The molecular weight excluding hydrogens is 288 g/mol. The van der Waals surface area contributed by atoms with Crippen molar-refractivity contribution >= 4 is 11.3 Å². The molecule has 1 aliphatic heterocycles. The monoisotopic (exact) mass is 312 g/mol. The molecule has 0 bridgehead atoms. The third-order valence-electron chi connectivity index (χ3n) is 5.26. The summed E-state index contributed by atoms with van der Waals surface area (Å²) < 4.78 is 0. The highest BCUT2D eigenvalue weighted by atomic mass is 32.1. The van der Waals surface area contributed by atoms with Crippen LogP contribution in [0, 0.1) is 0 Å². The second-order valence-electron chi connectivity index (χ2n) is 6.80. The minimum Gasteiger partial charge on any atom is -0.317 e. The maximum Gasteiger partial charge on any atom is 0.0964 e. The quantitative estimate of drug-likeness (QED) is 0.868. The number of thiazole rings is 1. The molecule has 1 fully saturated rings. The van der Waals surface area contributed by atoms with Gasteiger partial charge in [-0.05, 0) is 68.3 Å². The number of benzene rings is 1. The molecule has 0 radical (unpaired) electrons. The van der Waals surface area contributed by atoms with Crippen LogP contribution in [0.1, 0.15) is 60.6 Å². The van der Waals surface area contributed by atoms with Crippen molar-refractivity contribution in [3.8, 4) is 11.3 Å². The Morgan fingerprint density at radius 2 is 2.05 bits per heavy atom. The molecule has 1 atom stereocenters. The van der Waals surface area contributed by atoms with E-state index in [4.69, 9.17) is 4.98 Å². The largest absolute Gasteiger partial charge is 0.317 e. The molecule has 1 aromatic heterocycles. The van der Waals surface area contributed by atoms with Gasteiger partial charge in [0.25, 0.3) is 0 Å². The minimum atomic E-state index is 0.664. The van der Waals surface area contributed by atoms with Crippen LogP contribution in [-0.4, -0.2) is 18.1 Å². The molecule has 1 saturated heterocycles. The lowest BCUT2D eigenvalue weighted by molar-refractivity contribution is 0.459. The molecule has 2 nitrogen and oxygen atoms in total. The standard InChI is InChI=1S/C19H24N2S/c1-13-3-2-4-15-11-16(5-6-17(13)15)18-12-22-19(21-18)14-7-9-20-10-8-14/h5-6,11-14,20H,2-4,7-10H2,1H3. The number of nitrogens with one attached hydrogen (secondary N) is 1. The Bertz CT molecular complexity index is 655. The Morgan fingerprint density at radius 1 is 1.18 bits per heavy atom. The number of piperidine rings is 1. The van der Waals surface area contributed by atoms with Crippen LogP contribution in [0.3, 0.4) is 0 Å². The first-order valence-corrected chi connectivity index (χ1v) is 9.48. The summed E-state index contributed by atoms with van der Waals surface area (Å²) in [4.78, 5) is 4.96. The summed E-state index contributed by atoms with van der Waals surface area (Å²) >= 11 is 1.85. The van der Waals surface area contributed by atoms with Crippen molar-refractivity contribution in [2.45, 2.75) is 50.9 Å². The lowest BCUT2D eigenvalue weighted by Crippen LogP contribution is -2.26. The van der Waals surface area contributed by atoms with Crippen molar-refractivity contribution in [3.05, 3.63) is 39.7 Å². The highest BCUT2D eigenvalue weighted by Gasteiger charge is 2.20. The molecule has 0 amide bonds. The Morgan fingerprint density at radius 3 is 2.91 bits per heavy atom. The first-order valence-electron chi connectivity index (χ1n) is 8.60. The van der Waals surface area contributed by atoms with E-state index >= 15 is 0 Å². The minimum absolute atomic E-state index is 0.664. The third-order valence-corrected chi connectivity index (χ3v) is 6.27. The number of fused-ring (bicyclic) bond motifs is 1. The van der Waals surface area contributed by atoms with Crippen molar-refractivity contribution in [3.63, 3.8) is 0 Å². The van der Waals surface area contributed by atoms with Crippen molar-refractivity contribution in [1.82, 2.24) is 10.3 Å². The maximum atomic E-state index is 4.96. The molecule has 22 heavy (non-hydrogen) atoms. The van der Waals surface area contributed by atoms with Crippen molar-refractivity contribution in [2.24, 2.45) is 0 Å². The molecule has 0 saturated carbocycles. The van der Waals surface area contributed by atoms with Crippen molar-refractivity contribution in [1.29, 1.82) is 0 Å². The Hall–Kier alpha value is -1.19. The van der Waals surface area contributed by atoms with Gasteiger partial charge in [-0.3, -0.25) is 0 Å². The van der Waals surface area contributed by atoms with Crippen LogP contribution in [-0.2, 0) is 6.42 Å². The molecule has 2 aliphatic rings. The van der Waals surface area contributed by atoms with Crippen LogP contribution in [0.25, 0.3) is 11.3 Å². The average Bonchev–Trinajstić information content (AvgIpc) is 3.06. The highest BCUT2D eigenvalue weighted by molar-refractivity contribution is 7.10. The molecule has 4 rings (SSSR count). The first-order chi connectivity index (χ1) is 10.8. The van der Waals surface area contributed by atoms with E-state index in [0.717, 1.165) is 19.0 Å². The lowest BCUT2D eigenvalue weighted by Gasteiger charge is -2.22. The van der Waals surface area contributed by atoms with E-state index in [9.17, 15) is 0 Å². The normalized spacial score (nSPS) is 22.5. The summed E-state index contributed by atoms with van der Waals surface area (Å²) in [5.41, 5.74) is 5.60. The van der Waals surface area contributed by atoms with Crippen LogP contribution in [0.2, 0.25) is 0 Å². The summed E-state index contributed by atoms with van der Waals surface area (Å²) in [6.07, 6.45) is 6.36. The summed E-state index contributed by atoms with van der Waals surface area (Å²) in [5.74, 6) is 1.39. The van der Waals surface area contributed by atoms with Crippen LogP contribution in [0.4, 0.5) is 0 Å². The van der Waals surface area contributed by atoms with Crippen LogP contribution in [0.5, 0.6) is 0 Å². The first kappa shape index (κ1) is 14.4. The zero-order chi connectivity index (χ0) is 14.9. The molecule has 1 unspecified atom stereocenters. The van der Waals surface area contributed by atoms with Gasteiger partial charge in [-0.25, -0.2) is 4.98 Å². The van der Waals surface area contributed by atoms with Crippen LogP contribution in [0.15, 0.2) is 23.6 Å². The van der Waals surface area contributed by atoms with Gasteiger partial charge in [-0.15, -0.1) is 11.3 Å². The zero-order valence-electron chi connectivity index (χ0n) is 13.3. The molecule has 2 heterocycles. The number of aromatic nitrogens is 1. The van der Waals surface area contributed by atoms with Crippen molar-refractivity contribution in [2.75, 3.05) is 13.1 Å². The fourth-order valence-corrected chi connectivity index (χ4v) is 4.89. The number of nitrogens with zero attached hydrogens (tertiary/aromatic N) is 1. The summed E-state index contributed by atoms with van der Waals surface area (Å²) in [6.45, 7) is 4.63. The van der Waals surface area contributed by atoms with Gasteiger partial charge >= 0.3 is 0 Å². The number of rotatable bonds is 2. The van der Waals surface area contributed by atoms with E-state index < -0.39 is 0 Å². The van der Waals surface area contributed by atoms with Gasteiger partial charge in [0.1, 0.15) is 0 Å². The van der Waals surface area contributed by atoms with E-state index in [2.05, 4.69) is 35.8 Å². The fraction of sp³-hybridized carbons (Fsp3) is 0.526. The summed E-state index contributed by atoms with van der Waals surface area (Å²) in [7, 11) is 0. The molecule has 1 aromatic carbocycles. The third kappa shape index (κ3) is 2.72. The maximum absolute atomic E-state index is 4.96. The molecule has 3 heteroatoms. The smallest absolute Gasteiger partial charge is 0.0964 e. The molecular formula is C19H24N2S. The summed E-state index contributed by atoms with van der Waals surface area (Å²) in [6, 6.07) is 7.02. The van der Waals surface area contributed by atoms with E-state index in [0.29, 0.717) is 5.92 Å². The van der Waals surface area contributed by atoms with Crippen LogP contribution < -0.4 is 5.32 Å². The second kappa shape index (κ2) is 6.13. The topological polar surface area (TPSA) is 24.9 Å². The lowest BCUT2D eigenvalue weighted by atomic mass is 9.83. The Balaban J connectivity index is 1.61. The SMILES string of the molecule is CC1CCCc2cc(-c3csc(C4CCNCC4)n3)ccc21. The van der Waals surface area contributed by atoms with E-state index in [-0.39, 0.29) is 0 Å². The second-order valence-corrected chi connectivity index (χ2v) is 7.69. The average molecular weight is 312 g/mol. The molecule has 0 spiro atoms. The van der Waals surface area contributed by atoms with Gasteiger partial charge in [0.2, 0.25) is 0 Å². The highest BCUT2D eigenvalue weighted by Crippen LogP contribution is 2.35. The van der Waals surface area contributed by atoms with Crippen LogP contribution >= 0.6 is 11.3 Å². The van der Waals surface area contributed by atoms with Gasteiger partial charge in [0, 0.05) is 16.9 Å². The van der Waals surface area contributed by atoms with Gasteiger partial charge in [0.15, 0.2) is 0 Å². The molecule has 2 aromatic rings. The fourth-order valence-electron chi connectivity index (χ4n) is 3.89. The van der Waals surface area contributed by atoms with Gasteiger partial charge < -0.3 is 5.32 Å². The molecule has 1 aliphatic carbocycles. The molecule has 1 N–H and O–H groups in total. The van der Waals surface area contributed by atoms with Gasteiger partial charge in [0.05, 0.1) is 10.7 Å². The Labute approximate surface area is 137 Å². The van der Waals surface area contributed by atoms with Gasteiger partial charge in [-0.1, -0.05) is 19.1 Å². The number of hydrogen-bond acceptors (Lipinski definition) is 3. The zero-order valence-corrected chi connectivity index (χ0v) is 14.1.